The number of rotatable bonds is 8. The number of unbranched alkanes of at least 4 members (excludes halogenated alkanes) is 1. The molecule has 26 heavy (non-hydrogen) atoms. The summed E-state index contributed by atoms with van der Waals surface area (Å²) in [5.74, 6) is 1.02. The lowest BCUT2D eigenvalue weighted by atomic mass is 10.2. The van der Waals surface area contributed by atoms with Gasteiger partial charge in [-0.1, -0.05) is 20.3 Å². The Hall–Kier alpha value is -2.21. The number of carbonyl (C=O) groups is 1. The molecule has 0 aromatic carbocycles. The molecule has 0 radical (unpaired) electrons. The van der Waals surface area contributed by atoms with E-state index in [1.54, 1.807) is 6.20 Å². The lowest BCUT2D eigenvalue weighted by Gasteiger charge is -2.22. The molecule has 0 aliphatic heterocycles. The van der Waals surface area contributed by atoms with E-state index in [9.17, 15) is 4.79 Å². The summed E-state index contributed by atoms with van der Waals surface area (Å²) in [5, 5.41) is 1.98. The second-order valence-corrected chi connectivity index (χ2v) is 7.45. The van der Waals surface area contributed by atoms with Gasteiger partial charge in [0.15, 0.2) is 5.65 Å². The quantitative estimate of drug-likeness (QED) is 0.580. The molecule has 0 atom stereocenters. The van der Waals surface area contributed by atoms with Crippen molar-refractivity contribution in [3.05, 3.63) is 46.0 Å². The number of thiophene rings is 1. The van der Waals surface area contributed by atoms with Crippen LogP contribution in [-0.2, 0) is 13.1 Å². The van der Waals surface area contributed by atoms with Crippen LogP contribution in [0.3, 0.4) is 0 Å². The van der Waals surface area contributed by atoms with E-state index >= 15 is 0 Å². The van der Waals surface area contributed by atoms with E-state index in [-0.39, 0.29) is 5.91 Å². The molecule has 0 spiro atoms. The minimum Gasteiger partial charge on any atom is -0.330 e. The number of carbonyl (C=O) groups excluding carboxylic acids is 1. The van der Waals surface area contributed by atoms with E-state index in [2.05, 4.69) is 23.4 Å². The molecule has 0 N–H and O–H groups in total. The van der Waals surface area contributed by atoms with Gasteiger partial charge in [0.1, 0.15) is 11.3 Å². The maximum atomic E-state index is 13.1. The van der Waals surface area contributed by atoms with E-state index in [1.165, 1.54) is 11.3 Å². The highest BCUT2D eigenvalue weighted by atomic mass is 32.1. The van der Waals surface area contributed by atoms with Gasteiger partial charge in [0, 0.05) is 19.3 Å². The second-order valence-electron chi connectivity index (χ2n) is 6.54. The molecule has 3 heterocycles. The number of fused-ring (bicyclic) bond motifs is 1. The van der Waals surface area contributed by atoms with Crippen LogP contribution < -0.4 is 0 Å². The molecular formula is C20H26N4OS. The molecule has 0 aliphatic rings. The Kier molecular flexibility index (Phi) is 6.04. The number of aryl methyl sites for hydroxylation is 2. The summed E-state index contributed by atoms with van der Waals surface area (Å²) in [6.07, 6.45) is 4.85. The van der Waals surface area contributed by atoms with Gasteiger partial charge in [-0.15, -0.1) is 11.3 Å². The van der Waals surface area contributed by atoms with E-state index in [1.807, 2.05) is 35.4 Å². The van der Waals surface area contributed by atoms with E-state index < -0.39 is 0 Å². The van der Waals surface area contributed by atoms with Crippen molar-refractivity contribution in [2.45, 2.75) is 53.1 Å². The zero-order valence-electron chi connectivity index (χ0n) is 15.7. The number of pyridine rings is 1. The molecule has 5 nitrogen and oxygen atoms in total. The summed E-state index contributed by atoms with van der Waals surface area (Å²) >= 11 is 1.52. The summed E-state index contributed by atoms with van der Waals surface area (Å²) in [7, 11) is 0. The first-order valence-corrected chi connectivity index (χ1v) is 10.2. The molecule has 6 heteroatoms. The van der Waals surface area contributed by atoms with Gasteiger partial charge in [0.05, 0.1) is 11.4 Å². The number of hydrogen-bond donors (Lipinski definition) is 0. The number of aromatic nitrogens is 3. The van der Waals surface area contributed by atoms with Crippen LogP contribution in [0.15, 0.2) is 29.8 Å². The minimum absolute atomic E-state index is 0.106. The largest absolute Gasteiger partial charge is 0.330 e. The summed E-state index contributed by atoms with van der Waals surface area (Å²) in [4.78, 5) is 25.1. The molecule has 3 aromatic rings. The third-order valence-electron chi connectivity index (χ3n) is 4.49. The molecule has 0 saturated carbocycles. The van der Waals surface area contributed by atoms with Crippen LogP contribution in [0.25, 0.3) is 11.2 Å². The smallest absolute Gasteiger partial charge is 0.264 e. The Morgan fingerprint density at radius 2 is 2.12 bits per heavy atom. The molecule has 138 valence electrons. The highest BCUT2D eigenvalue weighted by molar-refractivity contribution is 7.12. The molecule has 0 fully saturated rings. The van der Waals surface area contributed by atoms with Crippen molar-refractivity contribution in [3.8, 4) is 0 Å². The number of nitrogens with zero attached hydrogens (tertiary/aromatic N) is 4. The Bertz CT molecular complexity index is 883. The Morgan fingerprint density at radius 3 is 2.81 bits per heavy atom. The Balaban J connectivity index is 1.94. The van der Waals surface area contributed by atoms with Gasteiger partial charge in [-0.05, 0) is 48.9 Å². The van der Waals surface area contributed by atoms with Crippen molar-refractivity contribution in [2.24, 2.45) is 0 Å². The summed E-state index contributed by atoms with van der Waals surface area (Å²) < 4.78 is 2.16. The van der Waals surface area contributed by atoms with Gasteiger partial charge in [-0.25, -0.2) is 9.97 Å². The maximum Gasteiger partial charge on any atom is 0.264 e. The summed E-state index contributed by atoms with van der Waals surface area (Å²) in [6, 6.07) is 5.90. The van der Waals surface area contributed by atoms with Crippen LogP contribution in [-0.4, -0.2) is 31.9 Å². The fraction of sp³-hybridized carbons (Fsp3) is 0.450. The van der Waals surface area contributed by atoms with Crippen LogP contribution in [0.4, 0.5) is 0 Å². The van der Waals surface area contributed by atoms with Gasteiger partial charge in [-0.2, -0.15) is 0 Å². The summed E-state index contributed by atoms with van der Waals surface area (Å²) in [5.41, 5.74) is 2.84. The minimum atomic E-state index is 0.106. The van der Waals surface area contributed by atoms with Crippen LogP contribution in [0.5, 0.6) is 0 Å². The average Bonchev–Trinajstić information content (AvgIpc) is 3.22. The number of imidazole rings is 1. The van der Waals surface area contributed by atoms with Crippen molar-refractivity contribution >= 4 is 28.4 Å². The molecular weight excluding hydrogens is 344 g/mol. The molecule has 1 amide bonds. The van der Waals surface area contributed by atoms with Crippen molar-refractivity contribution in [1.29, 1.82) is 0 Å². The third-order valence-corrected chi connectivity index (χ3v) is 5.49. The van der Waals surface area contributed by atoms with Gasteiger partial charge >= 0.3 is 0 Å². The molecule has 3 rings (SSSR count). The molecule has 0 saturated heterocycles. The first-order valence-electron chi connectivity index (χ1n) is 9.29. The van der Waals surface area contributed by atoms with Gasteiger partial charge < -0.3 is 9.47 Å². The second kappa shape index (κ2) is 8.45. The van der Waals surface area contributed by atoms with Crippen molar-refractivity contribution in [2.75, 3.05) is 6.54 Å². The van der Waals surface area contributed by atoms with Crippen molar-refractivity contribution in [3.63, 3.8) is 0 Å². The Labute approximate surface area is 158 Å². The zero-order chi connectivity index (χ0) is 18.5. The lowest BCUT2D eigenvalue weighted by molar-refractivity contribution is 0.0739. The SMILES string of the molecule is CCCCN(Cc1nc2cccnc2n1CCC)C(=O)c1sccc1C. The van der Waals surface area contributed by atoms with E-state index in [4.69, 9.17) is 4.98 Å². The normalized spacial score (nSPS) is 11.2. The van der Waals surface area contributed by atoms with Crippen LogP contribution in [0.1, 0.15) is 54.2 Å². The van der Waals surface area contributed by atoms with E-state index in [0.717, 1.165) is 59.8 Å². The third kappa shape index (κ3) is 3.80. The van der Waals surface area contributed by atoms with Crippen LogP contribution >= 0.6 is 11.3 Å². The maximum absolute atomic E-state index is 13.1. The number of hydrogen-bond acceptors (Lipinski definition) is 4. The molecule has 0 aliphatic carbocycles. The predicted molar refractivity (Wildman–Crippen MR) is 107 cm³/mol. The standard InChI is InChI=1S/C20H26N4OS/c1-4-6-12-23(20(25)18-15(3)9-13-26-18)14-17-22-16-8-7-10-21-19(16)24(17)11-5-2/h7-10,13H,4-6,11-12,14H2,1-3H3. The zero-order valence-corrected chi connectivity index (χ0v) is 16.6. The molecule has 0 bridgehead atoms. The Morgan fingerprint density at radius 1 is 1.27 bits per heavy atom. The molecule has 0 unspecified atom stereocenters. The fourth-order valence-electron chi connectivity index (χ4n) is 3.09. The van der Waals surface area contributed by atoms with E-state index in [0.29, 0.717) is 6.54 Å². The monoisotopic (exact) mass is 370 g/mol. The first-order chi connectivity index (χ1) is 12.7. The van der Waals surface area contributed by atoms with Crippen molar-refractivity contribution in [1.82, 2.24) is 19.4 Å². The predicted octanol–water partition coefficient (Wildman–Crippen LogP) is 4.65. The summed E-state index contributed by atoms with van der Waals surface area (Å²) in [6.45, 7) is 8.42. The topological polar surface area (TPSA) is 51.0 Å². The highest BCUT2D eigenvalue weighted by Gasteiger charge is 2.22. The van der Waals surface area contributed by atoms with Gasteiger partial charge in [0.2, 0.25) is 0 Å². The van der Waals surface area contributed by atoms with Gasteiger partial charge in [0.25, 0.3) is 5.91 Å². The first kappa shape index (κ1) is 18.6. The van der Waals surface area contributed by atoms with Gasteiger partial charge in [-0.3, -0.25) is 4.79 Å². The van der Waals surface area contributed by atoms with Crippen molar-refractivity contribution < 1.29 is 4.79 Å². The average molecular weight is 371 g/mol. The van der Waals surface area contributed by atoms with Crippen LogP contribution in [0, 0.1) is 6.92 Å². The molecule has 3 aromatic heterocycles. The fourth-order valence-corrected chi connectivity index (χ4v) is 3.98. The number of amides is 1. The lowest BCUT2D eigenvalue weighted by Crippen LogP contribution is -2.32. The van der Waals surface area contributed by atoms with Crippen LogP contribution in [0.2, 0.25) is 0 Å². The highest BCUT2D eigenvalue weighted by Crippen LogP contribution is 2.21.